The lowest BCUT2D eigenvalue weighted by molar-refractivity contribution is -0.129. The highest BCUT2D eigenvalue weighted by atomic mass is 35.5. The highest BCUT2D eigenvalue weighted by Gasteiger charge is 2.16. The molecule has 8 heteroatoms. The number of rotatable bonds is 5. The van der Waals surface area contributed by atoms with Crippen molar-refractivity contribution in [1.82, 2.24) is 4.90 Å². The molecule has 0 radical (unpaired) electrons. The monoisotopic (exact) mass is 404 g/mol. The molecule has 146 valence electrons. The molecule has 0 unspecified atom stereocenters. The maximum absolute atomic E-state index is 13.2. The molecule has 0 spiro atoms. The standard InChI is InChI=1S/C20H18ClFN2O4/c1-24(12-18(25)23-15-4-2-3-14(22)11-15)19(26)6-5-13-9-16(21)20-17(10-13)27-7-8-28-20/h2-6,9-11H,7-8,12H2,1H3,(H,23,25)/b6-5+. The molecular weight excluding hydrogens is 387 g/mol. The summed E-state index contributed by atoms with van der Waals surface area (Å²) in [4.78, 5) is 25.5. The average molecular weight is 405 g/mol. The van der Waals surface area contributed by atoms with Gasteiger partial charge in [0.25, 0.3) is 0 Å². The second kappa shape index (κ2) is 8.75. The van der Waals surface area contributed by atoms with E-state index in [-0.39, 0.29) is 12.5 Å². The van der Waals surface area contributed by atoms with E-state index in [9.17, 15) is 14.0 Å². The first-order valence-corrected chi connectivity index (χ1v) is 8.88. The molecule has 2 amide bonds. The summed E-state index contributed by atoms with van der Waals surface area (Å²) in [6, 6.07) is 8.91. The topological polar surface area (TPSA) is 67.9 Å². The van der Waals surface area contributed by atoms with E-state index in [0.717, 1.165) is 0 Å². The third-order valence-electron chi connectivity index (χ3n) is 3.90. The van der Waals surface area contributed by atoms with Crippen molar-refractivity contribution in [2.24, 2.45) is 0 Å². The molecule has 0 aliphatic carbocycles. The molecule has 1 N–H and O–H groups in total. The smallest absolute Gasteiger partial charge is 0.246 e. The molecule has 3 rings (SSSR count). The van der Waals surface area contributed by atoms with Crippen molar-refractivity contribution in [2.45, 2.75) is 0 Å². The van der Waals surface area contributed by atoms with Gasteiger partial charge in [-0.2, -0.15) is 0 Å². The number of likely N-dealkylation sites (N-methyl/N-ethyl adjacent to an activating group) is 1. The quantitative estimate of drug-likeness (QED) is 0.776. The van der Waals surface area contributed by atoms with E-state index >= 15 is 0 Å². The van der Waals surface area contributed by atoms with Gasteiger partial charge in [0.05, 0.1) is 11.6 Å². The fraction of sp³-hybridized carbons (Fsp3) is 0.200. The molecule has 0 atom stereocenters. The molecular formula is C20H18ClFN2O4. The number of carbonyl (C=O) groups is 2. The summed E-state index contributed by atoms with van der Waals surface area (Å²) in [5.74, 6) is -0.253. The Morgan fingerprint density at radius 2 is 2.04 bits per heavy atom. The van der Waals surface area contributed by atoms with Crippen LogP contribution in [0, 0.1) is 5.82 Å². The molecule has 1 aliphatic heterocycles. The Morgan fingerprint density at radius 3 is 2.82 bits per heavy atom. The van der Waals surface area contributed by atoms with Gasteiger partial charge in [0, 0.05) is 18.8 Å². The number of carbonyl (C=O) groups excluding carboxylic acids is 2. The van der Waals surface area contributed by atoms with Crippen LogP contribution in [-0.4, -0.2) is 43.5 Å². The van der Waals surface area contributed by atoms with E-state index in [4.69, 9.17) is 21.1 Å². The number of nitrogens with zero attached hydrogens (tertiary/aromatic N) is 1. The zero-order chi connectivity index (χ0) is 20.1. The lowest BCUT2D eigenvalue weighted by Gasteiger charge is -2.19. The highest BCUT2D eigenvalue weighted by Crippen LogP contribution is 2.38. The zero-order valence-corrected chi connectivity index (χ0v) is 15.8. The molecule has 1 aliphatic rings. The van der Waals surface area contributed by atoms with Crippen LogP contribution >= 0.6 is 11.6 Å². The number of anilines is 1. The van der Waals surface area contributed by atoms with Crippen LogP contribution in [0.25, 0.3) is 6.08 Å². The minimum Gasteiger partial charge on any atom is -0.486 e. The first-order valence-electron chi connectivity index (χ1n) is 8.50. The van der Waals surface area contributed by atoms with Crippen molar-refractivity contribution >= 4 is 35.2 Å². The van der Waals surface area contributed by atoms with Gasteiger partial charge < -0.3 is 19.7 Å². The van der Waals surface area contributed by atoms with Crippen LogP contribution in [0.2, 0.25) is 5.02 Å². The number of halogens is 2. The van der Waals surface area contributed by atoms with Gasteiger partial charge in [0.1, 0.15) is 19.0 Å². The minimum atomic E-state index is -0.455. The predicted octanol–water partition coefficient (Wildman–Crippen LogP) is 3.36. The predicted molar refractivity (Wildman–Crippen MR) is 104 cm³/mol. The van der Waals surface area contributed by atoms with Crippen LogP contribution in [0.4, 0.5) is 10.1 Å². The maximum atomic E-state index is 13.2. The Bertz CT molecular complexity index is 932. The summed E-state index contributed by atoms with van der Waals surface area (Å²) < 4.78 is 24.1. The minimum absolute atomic E-state index is 0.179. The van der Waals surface area contributed by atoms with E-state index in [1.54, 1.807) is 24.3 Å². The van der Waals surface area contributed by atoms with Crippen molar-refractivity contribution in [3.05, 3.63) is 58.9 Å². The van der Waals surface area contributed by atoms with E-state index in [2.05, 4.69) is 5.32 Å². The van der Waals surface area contributed by atoms with Crippen LogP contribution in [-0.2, 0) is 9.59 Å². The van der Waals surface area contributed by atoms with Gasteiger partial charge in [-0.15, -0.1) is 0 Å². The molecule has 2 aromatic rings. The van der Waals surface area contributed by atoms with E-state index in [0.29, 0.717) is 41.0 Å². The van der Waals surface area contributed by atoms with E-state index < -0.39 is 11.7 Å². The van der Waals surface area contributed by atoms with Gasteiger partial charge in [-0.05, 0) is 42.0 Å². The number of fused-ring (bicyclic) bond motifs is 1. The van der Waals surface area contributed by atoms with Crippen molar-refractivity contribution in [2.75, 3.05) is 32.1 Å². The first kappa shape index (κ1) is 19.7. The van der Waals surface area contributed by atoms with Crippen molar-refractivity contribution in [3.8, 4) is 11.5 Å². The van der Waals surface area contributed by atoms with Crippen LogP contribution in [0.5, 0.6) is 11.5 Å². The number of ether oxygens (including phenoxy) is 2. The summed E-state index contributed by atoms with van der Waals surface area (Å²) >= 11 is 6.17. The second-order valence-electron chi connectivity index (χ2n) is 6.11. The first-order chi connectivity index (χ1) is 13.4. The van der Waals surface area contributed by atoms with Gasteiger partial charge in [-0.3, -0.25) is 9.59 Å². The molecule has 0 aromatic heterocycles. The molecule has 0 saturated heterocycles. The Balaban J connectivity index is 1.59. The van der Waals surface area contributed by atoms with Gasteiger partial charge in [0.2, 0.25) is 11.8 Å². The van der Waals surface area contributed by atoms with Gasteiger partial charge in [-0.1, -0.05) is 17.7 Å². The second-order valence-corrected chi connectivity index (χ2v) is 6.52. The lowest BCUT2D eigenvalue weighted by Crippen LogP contribution is -2.33. The molecule has 0 saturated carbocycles. The normalized spacial score (nSPS) is 12.7. The third-order valence-corrected chi connectivity index (χ3v) is 4.18. The Morgan fingerprint density at radius 1 is 1.25 bits per heavy atom. The molecule has 0 fully saturated rings. The Kier molecular flexibility index (Phi) is 6.16. The van der Waals surface area contributed by atoms with Crippen molar-refractivity contribution in [1.29, 1.82) is 0 Å². The van der Waals surface area contributed by atoms with Crippen molar-refractivity contribution in [3.63, 3.8) is 0 Å². The molecule has 6 nitrogen and oxygen atoms in total. The van der Waals surface area contributed by atoms with E-state index in [1.807, 2.05) is 0 Å². The fourth-order valence-corrected chi connectivity index (χ4v) is 2.86. The molecule has 28 heavy (non-hydrogen) atoms. The van der Waals surface area contributed by atoms with Crippen LogP contribution < -0.4 is 14.8 Å². The SMILES string of the molecule is CN(CC(=O)Nc1cccc(F)c1)C(=O)/C=C/c1cc(Cl)c2c(c1)OCCO2. The van der Waals surface area contributed by atoms with Crippen LogP contribution in [0.3, 0.4) is 0 Å². The number of benzene rings is 2. The summed E-state index contributed by atoms with van der Waals surface area (Å²) in [7, 11) is 1.49. The largest absolute Gasteiger partial charge is 0.486 e. The summed E-state index contributed by atoms with van der Waals surface area (Å²) in [5.41, 5.74) is 0.993. The van der Waals surface area contributed by atoms with Gasteiger partial charge >= 0.3 is 0 Å². The van der Waals surface area contributed by atoms with E-state index in [1.165, 1.54) is 36.2 Å². The van der Waals surface area contributed by atoms with Crippen molar-refractivity contribution < 1.29 is 23.5 Å². The molecule has 0 bridgehead atoms. The highest BCUT2D eigenvalue weighted by molar-refractivity contribution is 6.32. The maximum Gasteiger partial charge on any atom is 0.246 e. The van der Waals surface area contributed by atoms with Crippen LogP contribution in [0.15, 0.2) is 42.5 Å². The molecule has 2 aromatic carbocycles. The summed E-state index contributed by atoms with van der Waals surface area (Å²) in [6.45, 7) is 0.684. The molecule has 1 heterocycles. The number of amides is 2. The number of hydrogen-bond donors (Lipinski definition) is 1. The van der Waals surface area contributed by atoms with Crippen LogP contribution in [0.1, 0.15) is 5.56 Å². The number of nitrogens with one attached hydrogen (secondary N) is 1. The Hall–Kier alpha value is -3.06. The third kappa shape index (κ3) is 5.01. The fourth-order valence-electron chi connectivity index (χ4n) is 2.58. The Labute approximate surface area is 166 Å². The lowest BCUT2D eigenvalue weighted by atomic mass is 10.1. The summed E-state index contributed by atoms with van der Waals surface area (Å²) in [5, 5.41) is 2.93. The van der Waals surface area contributed by atoms with Gasteiger partial charge in [0.15, 0.2) is 11.5 Å². The number of hydrogen-bond acceptors (Lipinski definition) is 4. The zero-order valence-electron chi connectivity index (χ0n) is 15.1. The summed E-state index contributed by atoms with van der Waals surface area (Å²) in [6.07, 6.45) is 2.91. The average Bonchev–Trinajstić information content (AvgIpc) is 2.66. The van der Waals surface area contributed by atoms with Gasteiger partial charge in [-0.25, -0.2) is 4.39 Å².